The van der Waals surface area contributed by atoms with Crippen molar-refractivity contribution in [1.29, 1.82) is 0 Å². The van der Waals surface area contributed by atoms with Gasteiger partial charge in [-0.2, -0.15) is 0 Å². The van der Waals surface area contributed by atoms with Gasteiger partial charge in [0.15, 0.2) is 6.54 Å². The molecule has 0 radical (unpaired) electrons. The van der Waals surface area contributed by atoms with Crippen molar-refractivity contribution in [2.24, 2.45) is 0 Å². The van der Waals surface area contributed by atoms with Crippen LogP contribution in [-0.2, 0) is 46.1 Å². The van der Waals surface area contributed by atoms with Crippen LogP contribution in [-0.4, -0.2) is 132 Å². The number of aryl methyl sites for hydroxylation is 1. The molecule has 3 fully saturated rings. The van der Waals surface area contributed by atoms with Crippen LogP contribution in [0, 0.1) is 0 Å². The van der Waals surface area contributed by atoms with E-state index >= 15 is 0 Å². The standard InChI is InChI=1S/C50H72N3O11P/c1-5-52(4)43-31-41(32-44(52)49-48(43)63-49)62-50(56)42(38-23-14-11-15-24-38)36-61-47(55)35-53(6-2,7-3)34-40-30-39(25-26-46(40)64-65(57,58)59)45(54)33-51-27-17-8-9-18-28-60-29-19-16-22-37-20-12-10-13-21-37/h10-15,20-21,23-26,30,41-45,48-49,51,54H,5-9,16-19,22,27-29,31-36H2,1-4H3/p+2/t41?,42?,43?,44?,45?,48-,49+,52?. The summed E-state index contributed by atoms with van der Waals surface area (Å²) in [6.07, 6.45) is 8.14. The lowest BCUT2D eigenvalue weighted by atomic mass is 9.95. The number of phosphoric acid groups is 1. The third-order valence-electron chi connectivity index (χ3n) is 14.3. The van der Waals surface area contributed by atoms with E-state index in [2.05, 4.69) is 43.6 Å². The summed E-state index contributed by atoms with van der Waals surface area (Å²) in [5.74, 6) is -1.79. The van der Waals surface area contributed by atoms with E-state index in [1.807, 2.05) is 50.2 Å². The maximum atomic E-state index is 13.9. The molecule has 0 aromatic heterocycles. The second-order valence-corrected chi connectivity index (χ2v) is 19.6. The predicted molar refractivity (Wildman–Crippen MR) is 248 cm³/mol. The summed E-state index contributed by atoms with van der Waals surface area (Å²) in [6.45, 7) is 10.5. The molecule has 3 aromatic rings. The first-order chi connectivity index (χ1) is 31.3. The summed E-state index contributed by atoms with van der Waals surface area (Å²) < 4.78 is 42.2. The van der Waals surface area contributed by atoms with E-state index in [-0.39, 0.29) is 54.8 Å². The molecule has 0 aliphatic carbocycles. The number of carbonyl (C=O) groups excluding carboxylic acids is 2. The van der Waals surface area contributed by atoms with Gasteiger partial charge in [-0.15, -0.1) is 0 Å². The number of ether oxygens (including phenoxy) is 4. The number of nitrogens with zero attached hydrogens (tertiary/aromatic N) is 2. The van der Waals surface area contributed by atoms with Gasteiger partial charge in [0, 0.05) is 38.2 Å². The van der Waals surface area contributed by atoms with E-state index in [1.54, 1.807) is 12.1 Å². The zero-order valence-electron chi connectivity index (χ0n) is 38.9. The van der Waals surface area contributed by atoms with Gasteiger partial charge in [-0.25, -0.2) is 9.36 Å². The summed E-state index contributed by atoms with van der Waals surface area (Å²) in [7, 11) is -2.66. The van der Waals surface area contributed by atoms with Gasteiger partial charge in [0.1, 0.15) is 55.2 Å². The van der Waals surface area contributed by atoms with Crippen LogP contribution in [0.1, 0.15) is 106 Å². The number of epoxide rings is 1. The van der Waals surface area contributed by atoms with Crippen LogP contribution in [0.15, 0.2) is 78.9 Å². The first-order valence-corrected chi connectivity index (χ1v) is 25.5. The first kappa shape index (κ1) is 50.7. The number of unbranched alkanes of at least 4 members (excludes halogenated alkanes) is 4. The highest BCUT2D eigenvalue weighted by Crippen LogP contribution is 2.52. The molecule has 6 rings (SSSR count). The molecule has 4 N–H and O–H groups in total. The molecule has 14 nitrogen and oxygen atoms in total. The molecule has 0 saturated carbocycles. The molecule has 8 atom stereocenters. The van der Waals surface area contributed by atoms with Gasteiger partial charge in [0.2, 0.25) is 0 Å². The van der Waals surface area contributed by atoms with E-state index in [9.17, 15) is 29.0 Å². The molecule has 6 unspecified atom stereocenters. The summed E-state index contributed by atoms with van der Waals surface area (Å²) in [4.78, 5) is 47.2. The molecule has 2 bridgehead atoms. The van der Waals surface area contributed by atoms with Gasteiger partial charge in [-0.3, -0.25) is 14.6 Å². The largest absolute Gasteiger partial charge is 0.524 e. The number of benzene rings is 3. The zero-order valence-corrected chi connectivity index (χ0v) is 39.8. The fourth-order valence-corrected chi connectivity index (χ4v) is 10.5. The molecule has 3 heterocycles. The number of hydrogen-bond donors (Lipinski definition) is 4. The minimum atomic E-state index is -4.94. The summed E-state index contributed by atoms with van der Waals surface area (Å²) in [6, 6.07) is 25.1. The number of nitrogens with one attached hydrogen (secondary N) is 1. The lowest BCUT2D eigenvalue weighted by molar-refractivity contribution is -0.954. The van der Waals surface area contributed by atoms with Gasteiger partial charge >= 0.3 is 19.8 Å². The Hall–Kier alpha value is -3.69. The Kier molecular flexibility index (Phi) is 18.6. The van der Waals surface area contributed by atoms with Crippen molar-refractivity contribution in [3.8, 4) is 5.75 Å². The number of morpholine rings is 1. The normalized spacial score (nSPS) is 23.3. The number of phosphoric ester groups is 1. The Bertz CT molecular complexity index is 1980. The van der Waals surface area contributed by atoms with Gasteiger partial charge < -0.3 is 42.9 Å². The topological polar surface area (TPSA) is 173 Å². The number of aliphatic hydroxyl groups excluding tert-OH is 1. The van der Waals surface area contributed by atoms with E-state index in [0.717, 1.165) is 88.6 Å². The fraction of sp³-hybridized carbons (Fsp3) is 0.600. The second-order valence-electron chi connectivity index (χ2n) is 18.5. The van der Waals surface area contributed by atoms with Gasteiger partial charge in [-0.05, 0) is 88.2 Å². The van der Waals surface area contributed by atoms with Crippen molar-refractivity contribution in [1.82, 2.24) is 5.32 Å². The maximum absolute atomic E-state index is 13.9. The molecule has 3 aromatic carbocycles. The minimum absolute atomic E-state index is 0.0267. The quantitative estimate of drug-likeness (QED) is 0.0190. The van der Waals surface area contributed by atoms with Crippen LogP contribution in [0.2, 0.25) is 0 Å². The molecule has 15 heteroatoms. The lowest BCUT2D eigenvalue weighted by Gasteiger charge is -2.47. The first-order valence-electron chi connectivity index (χ1n) is 23.9. The molecule has 3 aliphatic rings. The zero-order chi connectivity index (χ0) is 46.5. The van der Waals surface area contributed by atoms with Crippen molar-refractivity contribution < 1.29 is 61.5 Å². The van der Waals surface area contributed by atoms with Gasteiger partial charge in [-0.1, -0.05) is 79.6 Å². The number of hydrogen-bond acceptors (Lipinski definition) is 10. The van der Waals surface area contributed by atoms with Crippen LogP contribution in [0.5, 0.6) is 5.75 Å². The van der Waals surface area contributed by atoms with E-state index in [0.29, 0.717) is 41.9 Å². The van der Waals surface area contributed by atoms with Crippen molar-refractivity contribution >= 4 is 19.8 Å². The molecule has 358 valence electrons. The Labute approximate surface area is 386 Å². The number of carbonyl (C=O) groups is 2. The molecular formula is C50H74N3O11P+2. The molecular weight excluding hydrogens is 850 g/mol. The second kappa shape index (κ2) is 23.9. The van der Waals surface area contributed by atoms with Crippen molar-refractivity contribution in [3.63, 3.8) is 0 Å². The van der Waals surface area contributed by atoms with Crippen LogP contribution >= 0.6 is 7.82 Å². The number of fused-ring (bicyclic) bond motifs is 5. The number of quaternary nitrogens is 2. The minimum Gasteiger partial charge on any atom is -0.461 e. The smallest absolute Gasteiger partial charge is 0.461 e. The Morgan fingerprint density at radius 1 is 0.862 bits per heavy atom. The van der Waals surface area contributed by atoms with Crippen molar-refractivity contribution in [2.75, 3.05) is 66.1 Å². The maximum Gasteiger partial charge on any atom is 0.524 e. The third kappa shape index (κ3) is 14.2. The number of aliphatic hydroxyl groups is 1. The average Bonchev–Trinajstić information content (AvgIpc) is 4.07. The number of likely N-dealkylation sites (N-methyl/N-ethyl adjacent to an activating group) is 2. The molecule has 65 heavy (non-hydrogen) atoms. The van der Waals surface area contributed by atoms with E-state index < -0.39 is 31.8 Å². The molecule has 0 amide bonds. The fourth-order valence-electron chi connectivity index (χ4n) is 10.0. The predicted octanol–water partition coefficient (Wildman–Crippen LogP) is 6.75. The van der Waals surface area contributed by atoms with Gasteiger partial charge in [0.05, 0.1) is 32.8 Å². The van der Waals surface area contributed by atoms with Crippen molar-refractivity contribution in [3.05, 3.63) is 101 Å². The van der Waals surface area contributed by atoms with E-state index in [1.165, 1.54) is 11.6 Å². The molecule has 0 spiro atoms. The van der Waals surface area contributed by atoms with Crippen LogP contribution in [0.4, 0.5) is 0 Å². The van der Waals surface area contributed by atoms with E-state index in [4.69, 9.17) is 23.5 Å². The third-order valence-corrected chi connectivity index (χ3v) is 14.7. The Morgan fingerprint density at radius 2 is 1.51 bits per heavy atom. The van der Waals surface area contributed by atoms with Crippen LogP contribution < -0.4 is 9.84 Å². The number of esters is 2. The summed E-state index contributed by atoms with van der Waals surface area (Å²) in [5.41, 5.74) is 3.05. The van der Waals surface area contributed by atoms with Crippen LogP contribution in [0.25, 0.3) is 0 Å². The SMILES string of the molecule is CC[N+](CC)(CC(=O)OCC(C(=O)OC1CC2[C@H]3O[C@H]3C(C1)[N+]2(C)CC)c1ccccc1)Cc1cc(C(O)CNCCCCCCOCCCCc2ccccc2)ccc1OP(=O)(O)O. The monoisotopic (exact) mass is 924 g/mol. The number of rotatable bonds is 29. The average molecular weight is 924 g/mol. The van der Waals surface area contributed by atoms with Gasteiger partial charge in [0.25, 0.3) is 0 Å². The van der Waals surface area contributed by atoms with Crippen LogP contribution in [0.3, 0.4) is 0 Å². The lowest BCUT2D eigenvalue weighted by Crippen LogP contribution is -2.62. The number of piperidine rings is 1. The Balaban J connectivity index is 0.980. The highest BCUT2D eigenvalue weighted by atomic mass is 31.2. The Morgan fingerprint density at radius 3 is 2.15 bits per heavy atom. The summed E-state index contributed by atoms with van der Waals surface area (Å²) in [5, 5.41) is 14.5. The summed E-state index contributed by atoms with van der Waals surface area (Å²) >= 11 is 0. The highest BCUT2D eigenvalue weighted by molar-refractivity contribution is 7.46. The van der Waals surface area contributed by atoms with Crippen molar-refractivity contribution in [2.45, 2.75) is 128 Å². The molecule has 3 saturated heterocycles. The molecule has 3 aliphatic heterocycles. The highest BCUT2D eigenvalue weighted by Gasteiger charge is 2.71.